The second-order valence-electron chi connectivity index (χ2n) is 6.06. The summed E-state index contributed by atoms with van der Waals surface area (Å²) in [6.45, 7) is 1.90. The van der Waals surface area contributed by atoms with E-state index in [4.69, 9.17) is 23.2 Å². The topological polar surface area (TPSA) is 52.2 Å². The monoisotopic (exact) mass is 396 g/mol. The average molecular weight is 397 g/mol. The lowest BCUT2D eigenvalue weighted by molar-refractivity contribution is 0.763. The number of pyridine rings is 1. The molecule has 0 unspecified atom stereocenters. The Morgan fingerprint density at radius 1 is 1.07 bits per heavy atom. The van der Waals surface area contributed by atoms with Crippen LogP contribution in [0, 0.1) is 6.92 Å². The normalized spacial score (nSPS) is 11.5. The third-order valence-corrected chi connectivity index (χ3v) is 4.48. The van der Waals surface area contributed by atoms with Crippen molar-refractivity contribution in [3.05, 3.63) is 92.2 Å². The zero-order chi connectivity index (χ0) is 19.0. The molecule has 4 rings (SSSR count). The van der Waals surface area contributed by atoms with Gasteiger partial charge in [0.1, 0.15) is 0 Å². The summed E-state index contributed by atoms with van der Waals surface area (Å²) in [6.07, 6.45) is 8.95. The van der Waals surface area contributed by atoms with Crippen molar-refractivity contribution < 1.29 is 0 Å². The Labute approximate surface area is 165 Å². The van der Waals surface area contributed by atoms with E-state index in [0.29, 0.717) is 27.1 Å². The highest BCUT2D eigenvalue weighted by molar-refractivity contribution is 6.34. The summed E-state index contributed by atoms with van der Waals surface area (Å²) in [4.78, 5) is 21.5. The Morgan fingerprint density at radius 3 is 2.56 bits per heavy atom. The fourth-order valence-electron chi connectivity index (χ4n) is 2.86. The first-order valence-corrected chi connectivity index (χ1v) is 8.93. The molecule has 27 heavy (non-hydrogen) atoms. The van der Waals surface area contributed by atoms with E-state index in [1.807, 2.05) is 31.3 Å². The van der Waals surface area contributed by atoms with Crippen LogP contribution in [0.4, 0.5) is 0 Å². The fourth-order valence-corrected chi connectivity index (χ4v) is 3.37. The number of benzene rings is 1. The highest BCUT2D eigenvalue weighted by Crippen LogP contribution is 2.23. The molecular weight excluding hydrogens is 383 g/mol. The smallest absolute Gasteiger partial charge is 0.267 e. The van der Waals surface area contributed by atoms with Crippen molar-refractivity contribution in [3.8, 4) is 5.69 Å². The first kappa shape index (κ1) is 17.5. The van der Waals surface area contributed by atoms with Crippen LogP contribution in [0.3, 0.4) is 0 Å². The van der Waals surface area contributed by atoms with Gasteiger partial charge in [-0.15, -0.1) is 0 Å². The standard InChI is InChI=1S/C20H14Cl2N4O/c1-13-12-25(18-8-15(21)7-16(22)9-18)26-19(27)10-17(24-20(13)26)5-4-14-3-2-6-23-11-14/h2-12H,1H3/b5-4+. The number of nitrogens with zero attached hydrogens (tertiary/aromatic N) is 4. The largest absolute Gasteiger partial charge is 0.273 e. The van der Waals surface area contributed by atoms with Gasteiger partial charge in [0.05, 0.1) is 11.4 Å². The van der Waals surface area contributed by atoms with Crippen LogP contribution in [0.2, 0.25) is 10.0 Å². The van der Waals surface area contributed by atoms with E-state index in [1.165, 1.54) is 10.6 Å². The number of hydrogen-bond donors (Lipinski definition) is 0. The molecule has 3 aromatic heterocycles. The van der Waals surface area contributed by atoms with E-state index in [2.05, 4.69) is 9.97 Å². The minimum Gasteiger partial charge on any atom is -0.267 e. The van der Waals surface area contributed by atoms with Gasteiger partial charge in [-0.2, -0.15) is 4.52 Å². The fraction of sp³-hybridized carbons (Fsp3) is 0.0500. The lowest BCUT2D eigenvalue weighted by Gasteiger charge is -2.08. The van der Waals surface area contributed by atoms with Crippen LogP contribution in [-0.2, 0) is 0 Å². The minimum absolute atomic E-state index is 0.199. The SMILES string of the molecule is Cc1cn(-c2cc(Cl)cc(Cl)c2)n2c(=O)cc(/C=C/c3cccnc3)nc12. The van der Waals surface area contributed by atoms with Gasteiger partial charge in [0.15, 0.2) is 5.65 Å². The summed E-state index contributed by atoms with van der Waals surface area (Å²) in [7, 11) is 0. The maximum atomic E-state index is 12.8. The number of aryl methyl sites for hydroxylation is 1. The van der Waals surface area contributed by atoms with Gasteiger partial charge in [-0.25, -0.2) is 4.98 Å². The molecule has 0 amide bonds. The van der Waals surface area contributed by atoms with Crippen molar-refractivity contribution in [3.63, 3.8) is 0 Å². The first-order chi connectivity index (χ1) is 13.0. The molecule has 3 heterocycles. The van der Waals surface area contributed by atoms with Crippen LogP contribution < -0.4 is 5.56 Å². The Hall–Kier alpha value is -2.89. The maximum absolute atomic E-state index is 12.8. The van der Waals surface area contributed by atoms with Gasteiger partial charge in [0, 0.05) is 40.3 Å². The third kappa shape index (κ3) is 3.52. The quantitative estimate of drug-likeness (QED) is 0.505. The lowest BCUT2D eigenvalue weighted by Crippen LogP contribution is -2.20. The molecule has 5 nitrogen and oxygen atoms in total. The van der Waals surface area contributed by atoms with Gasteiger partial charge in [0.25, 0.3) is 5.56 Å². The molecule has 1 aromatic carbocycles. The Balaban J connectivity index is 1.84. The van der Waals surface area contributed by atoms with E-state index in [1.54, 1.807) is 41.4 Å². The molecule has 0 saturated heterocycles. The number of halogens is 2. The Morgan fingerprint density at radius 2 is 1.85 bits per heavy atom. The van der Waals surface area contributed by atoms with Gasteiger partial charge < -0.3 is 0 Å². The van der Waals surface area contributed by atoms with Gasteiger partial charge in [-0.05, 0) is 42.8 Å². The van der Waals surface area contributed by atoms with Crippen molar-refractivity contribution in [1.82, 2.24) is 19.2 Å². The Kier molecular flexibility index (Phi) is 4.56. The summed E-state index contributed by atoms with van der Waals surface area (Å²) >= 11 is 12.2. The highest BCUT2D eigenvalue weighted by atomic mass is 35.5. The van der Waals surface area contributed by atoms with Crippen LogP contribution in [0.5, 0.6) is 0 Å². The molecular formula is C20H14Cl2N4O. The number of aromatic nitrogens is 4. The van der Waals surface area contributed by atoms with Gasteiger partial charge >= 0.3 is 0 Å². The summed E-state index contributed by atoms with van der Waals surface area (Å²) in [5, 5.41) is 0.989. The number of fused-ring (bicyclic) bond motifs is 1. The molecule has 0 aliphatic heterocycles. The molecule has 0 bridgehead atoms. The zero-order valence-electron chi connectivity index (χ0n) is 14.3. The molecule has 0 saturated carbocycles. The third-order valence-electron chi connectivity index (χ3n) is 4.04. The average Bonchev–Trinajstić information content (AvgIpc) is 2.98. The summed E-state index contributed by atoms with van der Waals surface area (Å²) < 4.78 is 3.20. The van der Waals surface area contributed by atoms with Crippen LogP contribution >= 0.6 is 23.2 Å². The van der Waals surface area contributed by atoms with E-state index in [-0.39, 0.29) is 5.56 Å². The van der Waals surface area contributed by atoms with Crippen LogP contribution in [0.25, 0.3) is 23.5 Å². The van der Waals surface area contributed by atoms with Crippen molar-refractivity contribution in [1.29, 1.82) is 0 Å². The predicted molar refractivity (Wildman–Crippen MR) is 109 cm³/mol. The highest BCUT2D eigenvalue weighted by Gasteiger charge is 2.12. The van der Waals surface area contributed by atoms with Crippen molar-refractivity contribution in [2.24, 2.45) is 0 Å². The zero-order valence-corrected chi connectivity index (χ0v) is 15.8. The van der Waals surface area contributed by atoms with E-state index in [9.17, 15) is 4.79 Å². The molecule has 4 aromatic rings. The molecule has 0 radical (unpaired) electrons. The van der Waals surface area contributed by atoms with Gasteiger partial charge in [-0.1, -0.05) is 35.3 Å². The van der Waals surface area contributed by atoms with Crippen molar-refractivity contribution >= 4 is 41.0 Å². The molecule has 0 fully saturated rings. The second-order valence-corrected chi connectivity index (χ2v) is 6.93. The number of rotatable bonds is 3. The summed E-state index contributed by atoms with van der Waals surface area (Å²) in [5.74, 6) is 0. The van der Waals surface area contributed by atoms with E-state index < -0.39 is 0 Å². The lowest BCUT2D eigenvalue weighted by atomic mass is 10.2. The molecule has 0 aliphatic carbocycles. The van der Waals surface area contributed by atoms with E-state index in [0.717, 1.165) is 11.1 Å². The predicted octanol–water partition coefficient (Wildman–Crippen LogP) is 4.67. The van der Waals surface area contributed by atoms with Gasteiger partial charge in [0.2, 0.25) is 0 Å². The summed E-state index contributed by atoms with van der Waals surface area (Å²) in [6, 6.07) is 10.4. The minimum atomic E-state index is -0.199. The first-order valence-electron chi connectivity index (χ1n) is 8.18. The Bertz CT molecular complexity index is 1210. The summed E-state index contributed by atoms with van der Waals surface area (Å²) in [5.41, 5.74) is 3.43. The van der Waals surface area contributed by atoms with E-state index >= 15 is 0 Å². The molecule has 0 N–H and O–H groups in total. The molecule has 134 valence electrons. The van der Waals surface area contributed by atoms with Crippen LogP contribution in [-0.4, -0.2) is 19.2 Å². The number of hydrogen-bond acceptors (Lipinski definition) is 3. The van der Waals surface area contributed by atoms with Gasteiger partial charge in [-0.3, -0.25) is 14.5 Å². The van der Waals surface area contributed by atoms with Crippen LogP contribution in [0.1, 0.15) is 16.8 Å². The molecule has 7 heteroatoms. The maximum Gasteiger partial charge on any atom is 0.273 e. The van der Waals surface area contributed by atoms with Crippen LogP contribution in [0.15, 0.2) is 59.8 Å². The molecule has 0 atom stereocenters. The molecule has 0 spiro atoms. The second kappa shape index (κ2) is 7.02. The van der Waals surface area contributed by atoms with Crippen molar-refractivity contribution in [2.75, 3.05) is 0 Å². The van der Waals surface area contributed by atoms with Crippen molar-refractivity contribution in [2.45, 2.75) is 6.92 Å². The molecule has 0 aliphatic rings.